The van der Waals surface area contributed by atoms with Crippen LogP contribution in [0.15, 0.2) is 48.5 Å². The van der Waals surface area contributed by atoms with Crippen molar-refractivity contribution in [3.8, 4) is 0 Å². The Morgan fingerprint density at radius 1 is 1.11 bits per heavy atom. The van der Waals surface area contributed by atoms with Crippen molar-refractivity contribution >= 4 is 33.2 Å². The van der Waals surface area contributed by atoms with E-state index in [-0.39, 0.29) is 23.6 Å². The SMILES string of the molecule is CN(Cc1ccc(NC(=O)NCc2ccc(Cl)cc2)cc1)[C@@H]1CCS(=O)(=O)C1. The number of anilines is 1. The van der Waals surface area contributed by atoms with Crippen molar-refractivity contribution in [1.82, 2.24) is 10.2 Å². The van der Waals surface area contributed by atoms with Crippen molar-refractivity contribution in [3.05, 3.63) is 64.7 Å². The first-order valence-electron chi connectivity index (χ1n) is 9.10. The van der Waals surface area contributed by atoms with Crippen LogP contribution in [0.1, 0.15) is 17.5 Å². The maximum absolute atomic E-state index is 12.0. The Kier molecular flexibility index (Phi) is 6.59. The van der Waals surface area contributed by atoms with Crippen LogP contribution in [0.25, 0.3) is 0 Å². The number of nitrogens with zero attached hydrogens (tertiary/aromatic N) is 1. The van der Waals surface area contributed by atoms with E-state index in [0.29, 0.717) is 30.2 Å². The molecule has 0 radical (unpaired) electrons. The first-order chi connectivity index (χ1) is 13.3. The summed E-state index contributed by atoms with van der Waals surface area (Å²) in [6.45, 7) is 1.08. The number of sulfone groups is 1. The number of hydrogen-bond acceptors (Lipinski definition) is 4. The molecule has 3 rings (SSSR count). The average molecular weight is 422 g/mol. The summed E-state index contributed by atoms with van der Waals surface area (Å²) in [4.78, 5) is 14.1. The molecule has 2 aromatic rings. The normalized spacial score (nSPS) is 18.2. The predicted octanol–water partition coefficient (Wildman–Crippen LogP) is 3.28. The van der Waals surface area contributed by atoms with Gasteiger partial charge in [0.1, 0.15) is 0 Å². The molecule has 0 saturated carbocycles. The molecule has 1 atom stereocenters. The molecule has 6 nitrogen and oxygen atoms in total. The Bertz CT molecular complexity index is 915. The first-order valence-corrected chi connectivity index (χ1v) is 11.3. The fraction of sp³-hybridized carbons (Fsp3) is 0.350. The van der Waals surface area contributed by atoms with Gasteiger partial charge in [0.05, 0.1) is 11.5 Å². The van der Waals surface area contributed by atoms with Gasteiger partial charge in [0, 0.05) is 29.8 Å². The summed E-state index contributed by atoms with van der Waals surface area (Å²) in [5.41, 5.74) is 2.73. The van der Waals surface area contributed by atoms with E-state index in [9.17, 15) is 13.2 Å². The monoisotopic (exact) mass is 421 g/mol. The van der Waals surface area contributed by atoms with Crippen LogP contribution < -0.4 is 10.6 Å². The van der Waals surface area contributed by atoms with Gasteiger partial charge >= 0.3 is 6.03 Å². The standard InChI is InChI=1S/C20H24ClN3O3S/c1-24(19-10-11-28(26,27)14-19)13-16-4-8-18(9-5-16)23-20(25)22-12-15-2-6-17(21)7-3-15/h2-9,19H,10-14H2,1H3,(H2,22,23,25)/t19-/m1/s1. The van der Waals surface area contributed by atoms with Gasteiger partial charge in [-0.05, 0) is 48.9 Å². The van der Waals surface area contributed by atoms with Crippen LogP contribution in [-0.2, 0) is 22.9 Å². The van der Waals surface area contributed by atoms with Crippen molar-refractivity contribution in [2.45, 2.75) is 25.6 Å². The fourth-order valence-electron chi connectivity index (χ4n) is 3.19. The van der Waals surface area contributed by atoms with Gasteiger partial charge in [-0.3, -0.25) is 4.90 Å². The number of benzene rings is 2. The summed E-state index contributed by atoms with van der Waals surface area (Å²) in [7, 11) is -0.937. The number of rotatable bonds is 6. The lowest BCUT2D eigenvalue weighted by atomic mass is 10.1. The van der Waals surface area contributed by atoms with Gasteiger partial charge in [-0.15, -0.1) is 0 Å². The van der Waals surface area contributed by atoms with Crippen molar-refractivity contribution in [1.29, 1.82) is 0 Å². The van der Waals surface area contributed by atoms with Crippen LogP contribution >= 0.6 is 11.6 Å². The van der Waals surface area contributed by atoms with Crippen molar-refractivity contribution in [2.24, 2.45) is 0 Å². The first kappa shape index (κ1) is 20.6. The molecule has 0 spiro atoms. The summed E-state index contributed by atoms with van der Waals surface area (Å²) < 4.78 is 23.3. The minimum absolute atomic E-state index is 0.0708. The van der Waals surface area contributed by atoms with Crippen molar-refractivity contribution in [2.75, 3.05) is 23.9 Å². The largest absolute Gasteiger partial charge is 0.334 e. The average Bonchev–Trinajstić information content (AvgIpc) is 3.03. The van der Waals surface area contributed by atoms with Crippen LogP contribution in [0, 0.1) is 0 Å². The zero-order chi connectivity index (χ0) is 20.1. The molecule has 0 aliphatic carbocycles. The lowest BCUT2D eigenvalue weighted by Crippen LogP contribution is -2.32. The Hall–Kier alpha value is -2.09. The number of halogens is 1. The van der Waals surface area contributed by atoms with Crippen LogP contribution in [0.5, 0.6) is 0 Å². The minimum Gasteiger partial charge on any atom is -0.334 e. The second kappa shape index (κ2) is 8.94. The lowest BCUT2D eigenvalue weighted by molar-refractivity contribution is 0.251. The van der Waals surface area contributed by atoms with Gasteiger partial charge in [-0.2, -0.15) is 0 Å². The Balaban J connectivity index is 1.47. The molecule has 1 saturated heterocycles. The highest BCUT2D eigenvalue weighted by Gasteiger charge is 2.30. The second-order valence-electron chi connectivity index (χ2n) is 7.10. The van der Waals surface area contributed by atoms with Gasteiger partial charge in [0.15, 0.2) is 9.84 Å². The molecule has 2 aromatic carbocycles. The molecular weight excluding hydrogens is 398 g/mol. The summed E-state index contributed by atoms with van der Waals surface area (Å²) in [5, 5.41) is 6.26. The highest BCUT2D eigenvalue weighted by Crippen LogP contribution is 2.19. The lowest BCUT2D eigenvalue weighted by Gasteiger charge is -2.23. The smallest absolute Gasteiger partial charge is 0.319 e. The van der Waals surface area contributed by atoms with E-state index in [2.05, 4.69) is 15.5 Å². The molecular formula is C20H24ClN3O3S. The second-order valence-corrected chi connectivity index (χ2v) is 9.77. The summed E-state index contributed by atoms with van der Waals surface area (Å²) in [6.07, 6.45) is 0.687. The molecule has 0 aromatic heterocycles. The summed E-state index contributed by atoms with van der Waals surface area (Å²) in [5.74, 6) is 0.507. The highest BCUT2D eigenvalue weighted by atomic mass is 35.5. The fourth-order valence-corrected chi connectivity index (χ4v) is 5.12. The van der Waals surface area contributed by atoms with Crippen molar-refractivity contribution < 1.29 is 13.2 Å². The van der Waals surface area contributed by atoms with Crippen LogP contribution in [0.4, 0.5) is 10.5 Å². The Morgan fingerprint density at radius 2 is 1.75 bits per heavy atom. The molecule has 28 heavy (non-hydrogen) atoms. The van der Waals surface area contributed by atoms with E-state index in [1.54, 1.807) is 12.1 Å². The van der Waals surface area contributed by atoms with Gasteiger partial charge < -0.3 is 10.6 Å². The Morgan fingerprint density at radius 3 is 2.36 bits per heavy atom. The number of hydrogen-bond donors (Lipinski definition) is 2. The van der Waals surface area contributed by atoms with Crippen molar-refractivity contribution in [3.63, 3.8) is 0 Å². The molecule has 2 amide bonds. The maximum Gasteiger partial charge on any atom is 0.319 e. The molecule has 8 heteroatoms. The molecule has 2 N–H and O–H groups in total. The summed E-state index contributed by atoms with van der Waals surface area (Å²) in [6, 6.07) is 14.7. The number of carbonyl (C=O) groups is 1. The third kappa shape index (κ3) is 5.95. The number of amides is 2. The molecule has 1 heterocycles. The number of urea groups is 1. The zero-order valence-corrected chi connectivity index (χ0v) is 17.3. The third-order valence-electron chi connectivity index (χ3n) is 4.84. The molecule has 1 fully saturated rings. The van der Waals surface area contributed by atoms with E-state index in [0.717, 1.165) is 11.1 Å². The Labute approximate surface area is 170 Å². The maximum atomic E-state index is 12.0. The predicted molar refractivity (Wildman–Crippen MR) is 112 cm³/mol. The number of carbonyl (C=O) groups excluding carboxylic acids is 1. The molecule has 0 unspecified atom stereocenters. The van der Waals surface area contributed by atoms with E-state index >= 15 is 0 Å². The van der Waals surface area contributed by atoms with E-state index in [1.165, 1.54) is 0 Å². The molecule has 1 aliphatic rings. The van der Waals surface area contributed by atoms with Gasteiger partial charge in [0.25, 0.3) is 0 Å². The van der Waals surface area contributed by atoms with Crippen LogP contribution in [0.2, 0.25) is 5.02 Å². The minimum atomic E-state index is -2.88. The van der Waals surface area contributed by atoms with Gasteiger partial charge in [0.2, 0.25) is 0 Å². The molecule has 150 valence electrons. The zero-order valence-electron chi connectivity index (χ0n) is 15.7. The van der Waals surface area contributed by atoms with E-state index in [4.69, 9.17) is 11.6 Å². The summed E-state index contributed by atoms with van der Waals surface area (Å²) >= 11 is 5.85. The van der Waals surface area contributed by atoms with Crippen LogP contribution in [0.3, 0.4) is 0 Å². The molecule has 1 aliphatic heterocycles. The highest BCUT2D eigenvalue weighted by molar-refractivity contribution is 7.91. The van der Waals surface area contributed by atoms with Gasteiger partial charge in [-0.25, -0.2) is 13.2 Å². The van der Waals surface area contributed by atoms with Crippen LogP contribution in [-0.4, -0.2) is 43.9 Å². The van der Waals surface area contributed by atoms with E-state index in [1.807, 2.05) is 43.4 Å². The van der Waals surface area contributed by atoms with E-state index < -0.39 is 9.84 Å². The quantitative estimate of drug-likeness (QED) is 0.750. The number of nitrogens with one attached hydrogen (secondary N) is 2. The molecule has 0 bridgehead atoms. The third-order valence-corrected chi connectivity index (χ3v) is 6.84. The van der Waals surface area contributed by atoms with Gasteiger partial charge in [-0.1, -0.05) is 35.9 Å². The topological polar surface area (TPSA) is 78.5 Å².